The third-order valence-electron chi connectivity index (χ3n) is 8.60. The number of rotatable bonds is 10. The van der Waals surface area contributed by atoms with E-state index in [1.165, 1.54) is 19.4 Å². The molecular weight excluding hydrogens is 679 g/mol. The molecule has 0 amide bonds. The van der Waals surface area contributed by atoms with Crippen molar-refractivity contribution in [1.82, 2.24) is 24.6 Å². The van der Waals surface area contributed by atoms with E-state index in [-0.39, 0.29) is 0 Å². The molecular formula is C33H40BrN10O2P. The first-order valence-electron chi connectivity index (χ1n) is 15.5. The fourth-order valence-corrected chi connectivity index (χ4v) is 8.14. The van der Waals surface area contributed by atoms with Crippen molar-refractivity contribution >= 4 is 81.5 Å². The predicted octanol–water partition coefficient (Wildman–Crippen LogP) is 6.72. The van der Waals surface area contributed by atoms with Gasteiger partial charge in [0, 0.05) is 74.2 Å². The number of anilines is 5. The van der Waals surface area contributed by atoms with Crippen LogP contribution in [-0.2, 0) is 11.6 Å². The van der Waals surface area contributed by atoms with E-state index in [1.54, 1.807) is 38.9 Å². The Hall–Kier alpha value is -4.06. The molecule has 2 aromatic heterocycles. The Morgan fingerprint density at radius 3 is 2.68 bits per heavy atom. The standard InChI is InChI=1S/C33H40BrN10O2P/c1-7-36-30-25(35-2)10-11-26(31(30)47(5,6)45)39-32-24(34)18-37-33(41-32)40-27-15-23(21-17-38-42(3)19-21)28(16-29(27)46-4)44-14-13-43-12-8-9-22(43)20-44/h7,10-11,15-19,22H,2,8-9,12-14,20H2,1,3-6H3,(H2,37,39,40,41)/t22-/m1/s1. The Labute approximate surface area is 283 Å². The molecule has 6 rings (SSSR count). The molecule has 0 spiro atoms. The number of aliphatic imine (C=N–C) groups is 2. The van der Waals surface area contributed by atoms with Gasteiger partial charge in [0.15, 0.2) is 0 Å². The summed E-state index contributed by atoms with van der Waals surface area (Å²) in [4.78, 5) is 23.0. The molecule has 4 aromatic rings. The van der Waals surface area contributed by atoms with E-state index < -0.39 is 7.14 Å². The molecule has 2 saturated heterocycles. The Kier molecular flexibility index (Phi) is 9.50. The van der Waals surface area contributed by atoms with Gasteiger partial charge < -0.3 is 24.8 Å². The zero-order chi connectivity index (χ0) is 33.3. The molecule has 2 aliphatic rings. The molecule has 47 heavy (non-hydrogen) atoms. The highest BCUT2D eigenvalue weighted by molar-refractivity contribution is 9.10. The molecule has 1 atom stereocenters. The van der Waals surface area contributed by atoms with Crippen LogP contribution in [0.5, 0.6) is 5.75 Å². The minimum atomic E-state index is -2.82. The van der Waals surface area contributed by atoms with Gasteiger partial charge in [-0.2, -0.15) is 10.1 Å². The molecule has 14 heteroatoms. The largest absolute Gasteiger partial charge is 0.494 e. The second kappa shape index (κ2) is 13.6. The third-order valence-corrected chi connectivity index (χ3v) is 10.7. The maximum atomic E-state index is 13.5. The number of nitrogens with one attached hydrogen (secondary N) is 2. The minimum Gasteiger partial charge on any atom is -0.494 e. The van der Waals surface area contributed by atoms with E-state index in [0.717, 1.165) is 42.1 Å². The fourth-order valence-electron chi connectivity index (χ4n) is 6.46. The number of hydrogen-bond donors (Lipinski definition) is 2. The van der Waals surface area contributed by atoms with Crippen LogP contribution in [0.2, 0.25) is 0 Å². The molecule has 4 heterocycles. The Balaban J connectivity index is 1.37. The van der Waals surface area contributed by atoms with Gasteiger partial charge in [0.1, 0.15) is 24.4 Å². The van der Waals surface area contributed by atoms with Crippen LogP contribution in [0.4, 0.5) is 40.2 Å². The molecule has 2 fully saturated rings. The number of piperazine rings is 1. The number of methoxy groups -OCH3 is 1. The lowest BCUT2D eigenvalue weighted by atomic mass is 10.0. The van der Waals surface area contributed by atoms with Gasteiger partial charge in [-0.15, -0.1) is 0 Å². The lowest BCUT2D eigenvalue weighted by Crippen LogP contribution is -2.50. The highest BCUT2D eigenvalue weighted by Gasteiger charge is 2.32. The second-order valence-corrected chi connectivity index (χ2v) is 16.1. The number of benzene rings is 2. The van der Waals surface area contributed by atoms with Crippen molar-refractivity contribution < 1.29 is 9.30 Å². The Morgan fingerprint density at radius 2 is 1.98 bits per heavy atom. The minimum absolute atomic E-state index is 0.354. The third kappa shape index (κ3) is 6.83. The van der Waals surface area contributed by atoms with Crippen LogP contribution in [0.1, 0.15) is 19.8 Å². The van der Waals surface area contributed by atoms with Gasteiger partial charge in [0.25, 0.3) is 0 Å². The summed E-state index contributed by atoms with van der Waals surface area (Å²) in [5, 5.41) is 11.8. The van der Waals surface area contributed by atoms with Crippen LogP contribution < -0.4 is 25.6 Å². The van der Waals surface area contributed by atoms with E-state index in [0.29, 0.717) is 50.4 Å². The smallest absolute Gasteiger partial charge is 0.229 e. The number of hydrogen-bond acceptors (Lipinski definition) is 11. The fraction of sp³-hybridized carbons (Fsp3) is 0.364. The van der Waals surface area contributed by atoms with Crippen molar-refractivity contribution in [3.63, 3.8) is 0 Å². The monoisotopic (exact) mass is 718 g/mol. The van der Waals surface area contributed by atoms with Crippen molar-refractivity contribution in [2.24, 2.45) is 17.0 Å². The van der Waals surface area contributed by atoms with Crippen LogP contribution >= 0.6 is 23.1 Å². The first-order valence-corrected chi connectivity index (χ1v) is 18.9. The predicted molar refractivity (Wildman–Crippen MR) is 197 cm³/mol. The van der Waals surface area contributed by atoms with E-state index in [4.69, 9.17) is 9.72 Å². The molecule has 2 N–H and O–H groups in total. The van der Waals surface area contributed by atoms with Gasteiger partial charge in [-0.1, -0.05) is 0 Å². The van der Waals surface area contributed by atoms with Gasteiger partial charge in [0.2, 0.25) is 5.95 Å². The van der Waals surface area contributed by atoms with E-state index in [9.17, 15) is 4.57 Å². The van der Waals surface area contributed by atoms with Crippen LogP contribution in [0.25, 0.3) is 11.1 Å². The normalized spacial score (nSPS) is 16.8. The van der Waals surface area contributed by atoms with Crippen LogP contribution in [0.3, 0.4) is 0 Å². The Morgan fingerprint density at radius 1 is 1.15 bits per heavy atom. The lowest BCUT2D eigenvalue weighted by Gasteiger charge is -2.39. The highest BCUT2D eigenvalue weighted by Crippen LogP contribution is 2.46. The van der Waals surface area contributed by atoms with Gasteiger partial charge in [-0.25, -0.2) is 4.98 Å². The number of ether oxygens (including phenoxy) is 1. The maximum absolute atomic E-state index is 13.5. The quantitative estimate of drug-likeness (QED) is 0.136. The second-order valence-electron chi connectivity index (χ2n) is 12.1. The van der Waals surface area contributed by atoms with Crippen LogP contribution in [-0.4, -0.2) is 90.2 Å². The molecule has 0 unspecified atom stereocenters. The van der Waals surface area contributed by atoms with Crippen molar-refractivity contribution in [1.29, 1.82) is 0 Å². The summed E-state index contributed by atoms with van der Waals surface area (Å²) < 4.78 is 21.9. The molecule has 0 bridgehead atoms. The topological polar surface area (TPSA) is 125 Å². The number of halogens is 1. The maximum Gasteiger partial charge on any atom is 0.229 e. The number of nitrogens with zero attached hydrogens (tertiary/aromatic N) is 8. The molecule has 2 aliphatic heterocycles. The Bertz CT molecular complexity index is 1890. The summed E-state index contributed by atoms with van der Waals surface area (Å²) in [6.45, 7) is 13.1. The molecule has 2 aromatic carbocycles. The molecule has 246 valence electrons. The number of aromatic nitrogens is 4. The average molecular weight is 720 g/mol. The van der Waals surface area contributed by atoms with Gasteiger partial charge >= 0.3 is 0 Å². The van der Waals surface area contributed by atoms with E-state index in [1.807, 2.05) is 37.1 Å². The highest BCUT2D eigenvalue weighted by atomic mass is 79.9. The summed E-state index contributed by atoms with van der Waals surface area (Å²) in [5.41, 5.74) is 5.59. The van der Waals surface area contributed by atoms with Crippen molar-refractivity contribution in [3.05, 3.63) is 47.3 Å². The average Bonchev–Trinajstić information content (AvgIpc) is 3.70. The van der Waals surface area contributed by atoms with Gasteiger partial charge in [0.05, 0.1) is 40.1 Å². The lowest BCUT2D eigenvalue weighted by molar-refractivity contribution is 0.231. The molecule has 0 aliphatic carbocycles. The van der Waals surface area contributed by atoms with E-state index in [2.05, 4.69) is 75.3 Å². The SMILES string of the molecule is C=Nc1ccc(Nc2nc(Nc3cc(-c4cnn(C)c4)c(N4CCN5CCC[C@@H]5C4)cc3OC)ncc2Br)c(P(C)(C)=O)c1N=CC. The van der Waals surface area contributed by atoms with Crippen molar-refractivity contribution in [2.45, 2.75) is 25.8 Å². The first kappa shape index (κ1) is 32.9. The summed E-state index contributed by atoms with van der Waals surface area (Å²) in [6.07, 6.45) is 9.73. The van der Waals surface area contributed by atoms with E-state index >= 15 is 0 Å². The number of aryl methyl sites for hydroxylation is 1. The van der Waals surface area contributed by atoms with Gasteiger partial charge in [-0.05, 0) is 80.5 Å². The zero-order valence-electron chi connectivity index (χ0n) is 27.4. The first-order chi connectivity index (χ1) is 22.6. The number of fused-ring (bicyclic) bond motifs is 1. The summed E-state index contributed by atoms with van der Waals surface area (Å²) in [5.74, 6) is 1.52. The van der Waals surface area contributed by atoms with Gasteiger partial charge in [-0.3, -0.25) is 19.6 Å². The van der Waals surface area contributed by atoms with Crippen LogP contribution in [0, 0.1) is 0 Å². The summed E-state index contributed by atoms with van der Waals surface area (Å²) in [6, 6.07) is 8.38. The molecule has 12 nitrogen and oxygen atoms in total. The summed E-state index contributed by atoms with van der Waals surface area (Å²) >= 11 is 3.59. The molecule has 0 saturated carbocycles. The van der Waals surface area contributed by atoms with Crippen molar-refractivity contribution in [2.75, 3.05) is 62.2 Å². The summed E-state index contributed by atoms with van der Waals surface area (Å²) in [7, 11) is 0.780. The molecule has 0 radical (unpaired) electrons. The zero-order valence-corrected chi connectivity index (χ0v) is 29.8. The van der Waals surface area contributed by atoms with Crippen molar-refractivity contribution in [3.8, 4) is 16.9 Å². The van der Waals surface area contributed by atoms with Crippen LogP contribution in [0.15, 0.2) is 57.3 Å².